The van der Waals surface area contributed by atoms with Crippen LogP contribution in [0.2, 0.25) is 0 Å². The summed E-state index contributed by atoms with van der Waals surface area (Å²) in [7, 11) is 0. The van der Waals surface area contributed by atoms with Crippen LogP contribution in [0.4, 0.5) is 0 Å². The molecule has 3 rings (SSSR count). The third-order valence-corrected chi connectivity index (χ3v) is 4.84. The second-order valence-corrected chi connectivity index (χ2v) is 7.38. The van der Waals surface area contributed by atoms with Crippen LogP contribution in [0.5, 0.6) is 0 Å². The van der Waals surface area contributed by atoms with Crippen molar-refractivity contribution < 1.29 is 0 Å². The summed E-state index contributed by atoms with van der Waals surface area (Å²) < 4.78 is 2.33. The lowest BCUT2D eigenvalue weighted by atomic mass is 9.91. The van der Waals surface area contributed by atoms with Crippen LogP contribution in [0.3, 0.4) is 0 Å². The van der Waals surface area contributed by atoms with Gasteiger partial charge in [-0.05, 0) is 46.9 Å². The van der Waals surface area contributed by atoms with E-state index in [2.05, 4.69) is 86.1 Å². The molecule has 1 nitrogen and oxygen atoms in total. The molecule has 0 N–H and O–H groups in total. The van der Waals surface area contributed by atoms with Gasteiger partial charge in [-0.15, -0.1) is 0 Å². The normalized spacial score (nSPS) is 18.9. The van der Waals surface area contributed by atoms with Gasteiger partial charge in [0.15, 0.2) is 0 Å². The van der Waals surface area contributed by atoms with Gasteiger partial charge in [0.1, 0.15) is 0 Å². The Morgan fingerprint density at radius 1 is 1.10 bits per heavy atom. The minimum absolute atomic E-state index is 0.596. The van der Waals surface area contributed by atoms with Crippen molar-refractivity contribution >= 4 is 31.9 Å². The highest BCUT2D eigenvalue weighted by atomic mass is 79.9. The SMILES string of the molecule is C[C@H]1CN(Cc2cccc(Br)c2)Cc2cc(Br)ccc21. The van der Waals surface area contributed by atoms with E-state index in [0.29, 0.717) is 5.92 Å². The molecule has 0 radical (unpaired) electrons. The Balaban J connectivity index is 1.80. The summed E-state index contributed by atoms with van der Waals surface area (Å²) in [5.74, 6) is 0.596. The first-order valence-electron chi connectivity index (χ1n) is 6.87. The summed E-state index contributed by atoms with van der Waals surface area (Å²) in [5, 5.41) is 0. The van der Waals surface area contributed by atoms with Gasteiger partial charge in [-0.1, -0.05) is 57.0 Å². The Hall–Kier alpha value is -0.640. The second kappa shape index (κ2) is 6.00. The first-order chi connectivity index (χ1) is 9.61. The summed E-state index contributed by atoms with van der Waals surface area (Å²) in [6, 6.07) is 15.3. The smallest absolute Gasteiger partial charge is 0.0240 e. The first-order valence-corrected chi connectivity index (χ1v) is 8.45. The van der Waals surface area contributed by atoms with Crippen molar-refractivity contribution in [3.63, 3.8) is 0 Å². The molecule has 0 spiro atoms. The standard InChI is InChI=1S/C17H17Br2N/c1-12-9-20(10-13-3-2-4-15(18)7-13)11-14-8-16(19)5-6-17(12)14/h2-8,12H,9-11H2,1H3/t12-/m0/s1. The van der Waals surface area contributed by atoms with Crippen LogP contribution in [-0.2, 0) is 13.1 Å². The summed E-state index contributed by atoms with van der Waals surface area (Å²) in [6.07, 6.45) is 0. The van der Waals surface area contributed by atoms with E-state index in [1.165, 1.54) is 21.2 Å². The summed E-state index contributed by atoms with van der Waals surface area (Å²) >= 11 is 7.13. The minimum Gasteiger partial charge on any atom is -0.294 e. The van der Waals surface area contributed by atoms with Crippen LogP contribution in [0.25, 0.3) is 0 Å². The Labute approximate surface area is 137 Å². The molecule has 0 amide bonds. The fourth-order valence-electron chi connectivity index (χ4n) is 3.00. The molecule has 20 heavy (non-hydrogen) atoms. The van der Waals surface area contributed by atoms with Crippen molar-refractivity contribution in [2.75, 3.05) is 6.54 Å². The molecule has 1 heterocycles. The molecular formula is C17H17Br2N. The zero-order valence-corrected chi connectivity index (χ0v) is 14.6. The van der Waals surface area contributed by atoms with Gasteiger partial charge in [0.2, 0.25) is 0 Å². The predicted octanol–water partition coefficient (Wildman–Crippen LogP) is 5.33. The maximum atomic E-state index is 3.58. The molecule has 0 saturated heterocycles. The number of halogens is 2. The molecular weight excluding hydrogens is 378 g/mol. The largest absolute Gasteiger partial charge is 0.294 e. The Kier molecular flexibility index (Phi) is 4.29. The van der Waals surface area contributed by atoms with Crippen molar-refractivity contribution in [3.05, 3.63) is 68.1 Å². The Morgan fingerprint density at radius 3 is 2.70 bits per heavy atom. The van der Waals surface area contributed by atoms with Crippen molar-refractivity contribution in [3.8, 4) is 0 Å². The molecule has 0 aliphatic carbocycles. The van der Waals surface area contributed by atoms with E-state index >= 15 is 0 Å². The molecule has 1 aliphatic heterocycles. The highest BCUT2D eigenvalue weighted by molar-refractivity contribution is 9.10. The number of fused-ring (bicyclic) bond motifs is 1. The van der Waals surface area contributed by atoms with Crippen molar-refractivity contribution in [1.29, 1.82) is 0 Å². The van der Waals surface area contributed by atoms with Crippen molar-refractivity contribution in [1.82, 2.24) is 4.90 Å². The molecule has 0 unspecified atom stereocenters. The van der Waals surface area contributed by atoms with E-state index in [9.17, 15) is 0 Å². The van der Waals surface area contributed by atoms with Gasteiger partial charge in [-0.25, -0.2) is 0 Å². The molecule has 1 atom stereocenters. The van der Waals surface area contributed by atoms with E-state index in [-0.39, 0.29) is 0 Å². The highest BCUT2D eigenvalue weighted by Crippen LogP contribution is 2.31. The lowest BCUT2D eigenvalue weighted by Gasteiger charge is -2.33. The molecule has 2 aromatic carbocycles. The van der Waals surface area contributed by atoms with E-state index in [4.69, 9.17) is 0 Å². The number of hydrogen-bond acceptors (Lipinski definition) is 1. The minimum atomic E-state index is 0.596. The Morgan fingerprint density at radius 2 is 1.90 bits per heavy atom. The van der Waals surface area contributed by atoms with Crippen LogP contribution in [0.1, 0.15) is 29.5 Å². The molecule has 0 aromatic heterocycles. The maximum absolute atomic E-state index is 3.58. The molecule has 0 saturated carbocycles. The third-order valence-electron chi connectivity index (χ3n) is 3.86. The summed E-state index contributed by atoms with van der Waals surface area (Å²) in [5.41, 5.74) is 4.32. The molecule has 1 aliphatic rings. The van der Waals surface area contributed by atoms with Crippen LogP contribution in [0, 0.1) is 0 Å². The lowest BCUT2D eigenvalue weighted by molar-refractivity contribution is 0.226. The zero-order valence-electron chi connectivity index (χ0n) is 11.4. The highest BCUT2D eigenvalue weighted by Gasteiger charge is 2.22. The molecule has 3 heteroatoms. The predicted molar refractivity (Wildman–Crippen MR) is 90.8 cm³/mol. The van der Waals surface area contributed by atoms with E-state index in [1.54, 1.807) is 0 Å². The fraction of sp³-hybridized carbons (Fsp3) is 0.294. The molecule has 0 bridgehead atoms. The molecule has 0 fully saturated rings. The van der Waals surface area contributed by atoms with Crippen LogP contribution >= 0.6 is 31.9 Å². The van der Waals surface area contributed by atoms with Gasteiger partial charge < -0.3 is 0 Å². The number of hydrogen-bond donors (Lipinski definition) is 0. The monoisotopic (exact) mass is 393 g/mol. The first kappa shape index (κ1) is 14.3. The van der Waals surface area contributed by atoms with Gasteiger partial charge in [0, 0.05) is 28.6 Å². The number of benzene rings is 2. The molecule has 2 aromatic rings. The maximum Gasteiger partial charge on any atom is 0.0240 e. The van der Waals surface area contributed by atoms with E-state index in [1.807, 2.05) is 0 Å². The van der Waals surface area contributed by atoms with E-state index in [0.717, 1.165) is 24.1 Å². The zero-order chi connectivity index (χ0) is 14.1. The van der Waals surface area contributed by atoms with Crippen molar-refractivity contribution in [2.45, 2.75) is 25.9 Å². The van der Waals surface area contributed by atoms with E-state index < -0.39 is 0 Å². The molecule has 104 valence electrons. The third kappa shape index (κ3) is 3.16. The lowest BCUT2D eigenvalue weighted by Crippen LogP contribution is -2.32. The second-order valence-electron chi connectivity index (χ2n) is 5.54. The average Bonchev–Trinajstić information content (AvgIpc) is 2.38. The van der Waals surface area contributed by atoms with Gasteiger partial charge in [0.25, 0.3) is 0 Å². The van der Waals surface area contributed by atoms with Crippen LogP contribution in [-0.4, -0.2) is 11.4 Å². The van der Waals surface area contributed by atoms with Gasteiger partial charge in [-0.2, -0.15) is 0 Å². The average molecular weight is 395 g/mol. The van der Waals surface area contributed by atoms with Gasteiger partial charge in [-0.3, -0.25) is 4.90 Å². The van der Waals surface area contributed by atoms with Gasteiger partial charge in [0.05, 0.1) is 0 Å². The quantitative estimate of drug-likeness (QED) is 0.665. The number of nitrogens with zero attached hydrogens (tertiary/aromatic N) is 1. The number of rotatable bonds is 2. The Bertz CT molecular complexity index is 624. The van der Waals surface area contributed by atoms with Crippen LogP contribution in [0.15, 0.2) is 51.4 Å². The summed E-state index contributed by atoms with van der Waals surface area (Å²) in [6.45, 7) is 5.49. The fourth-order valence-corrected chi connectivity index (χ4v) is 3.85. The van der Waals surface area contributed by atoms with Gasteiger partial charge >= 0.3 is 0 Å². The van der Waals surface area contributed by atoms with Crippen molar-refractivity contribution in [2.24, 2.45) is 0 Å². The van der Waals surface area contributed by atoms with Crippen LogP contribution < -0.4 is 0 Å². The topological polar surface area (TPSA) is 3.24 Å². The summed E-state index contributed by atoms with van der Waals surface area (Å²) in [4.78, 5) is 2.53.